The average molecular weight is 199 g/mol. The topological polar surface area (TPSA) is 0 Å². The molecule has 0 aliphatic carbocycles. The second-order valence-corrected chi connectivity index (χ2v) is 4.01. The van der Waals surface area contributed by atoms with Crippen LogP contribution in [-0.4, -0.2) is 5.75 Å². The van der Waals surface area contributed by atoms with Crippen molar-refractivity contribution >= 4 is 23.4 Å². The first-order valence-corrected chi connectivity index (χ1v) is 5.10. The van der Waals surface area contributed by atoms with Gasteiger partial charge in [-0.25, -0.2) is 0 Å². The molecule has 0 unspecified atom stereocenters. The molecule has 0 bridgehead atoms. The van der Waals surface area contributed by atoms with Crippen LogP contribution in [0.25, 0.3) is 0 Å². The van der Waals surface area contributed by atoms with E-state index in [4.69, 9.17) is 11.6 Å². The molecule has 12 heavy (non-hydrogen) atoms. The lowest BCUT2D eigenvalue weighted by molar-refractivity contribution is 1.30. The van der Waals surface area contributed by atoms with Gasteiger partial charge in [0.05, 0.1) is 0 Å². The molecule has 0 atom stereocenters. The maximum Gasteiger partial charge on any atom is 0.0409 e. The van der Waals surface area contributed by atoms with Crippen molar-refractivity contribution in [1.82, 2.24) is 0 Å². The van der Waals surface area contributed by atoms with Crippen LogP contribution in [0.4, 0.5) is 0 Å². The molecule has 1 aromatic rings. The van der Waals surface area contributed by atoms with Crippen LogP contribution >= 0.6 is 23.4 Å². The number of halogens is 1. The Morgan fingerprint density at radius 3 is 2.92 bits per heavy atom. The Bertz CT molecular complexity index is 281. The fraction of sp³-hybridized carbons (Fsp3) is 0.200. The Morgan fingerprint density at radius 1 is 1.58 bits per heavy atom. The van der Waals surface area contributed by atoms with E-state index in [1.54, 1.807) is 11.8 Å². The van der Waals surface area contributed by atoms with E-state index in [-0.39, 0.29) is 0 Å². The molecule has 0 saturated heterocycles. The van der Waals surface area contributed by atoms with Crippen molar-refractivity contribution in [3.05, 3.63) is 41.4 Å². The first-order chi connectivity index (χ1) is 5.74. The summed E-state index contributed by atoms with van der Waals surface area (Å²) in [4.78, 5) is 1.28. The van der Waals surface area contributed by atoms with Crippen molar-refractivity contribution in [1.29, 1.82) is 0 Å². The first kappa shape index (κ1) is 9.69. The van der Waals surface area contributed by atoms with Crippen LogP contribution in [0.15, 0.2) is 35.7 Å². The van der Waals surface area contributed by atoms with Crippen molar-refractivity contribution < 1.29 is 0 Å². The van der Waals surface area contributed by atoms with Gasteiger partial charge in [-0.2, -0.15) is 0 Å². The highest BCUT2D eigenvalue weighted by molar-refractivity contribution is 7.99. The van der Waals surface area contributed by atoms with E-state index in [9.17, 15) is 0 Å². The molecule has 0 spiro atoms. The summed E-state index contributed by atoms with van der Waals surface area (Å²) in [5.41, 5.74) is 1.23. The summed E-state index contributed by atoms with van der Waals surface area (Å²) in [6.45, 7) is 5.74. The maximum atomic E-state index is 5.82. The number of thioether (sulfide) groups is 1. The monoisotopic (exact) mass is 198 g/mol. The fourth-order valence-corrected chi connectivity index (χ4v) is 1.90. The highest BCUT2D eigenvalue weighted by Crippen LogP contribution is 2.24. The lowest BCUT2D eigenvalue weighted by Crippen LogP contribution is -1.79. The van der Waals surface area contributed by atoms with Gasteiger partial charge in [-0.05, 0) is 30.7 Å². The quantitative estimate of drug-likeness (QED) is 0.524. The molecule has 0 nitrogen and oxygen atoms in total. The van der Waals surface area contributed by atoms with Crippen molar-refractivity contribution in [2.75, 3.05) is 5.75 Å². The van der Waals surface area contributed by atoms with Crippen LogP contribution in [0.1, 0.15) is 5.56 Å². The number of hydrogen-bond acceptors (Lipinski definition) is 1. The Hall–Kier alpha value is -0.400. The molecule has 0 amide bonds. The molecular formula is C10H11ClS. The third kappa shape index (κ3) is 2.58. The smallest absolute Gasteiger partial charge is 0.0409 e. The molecule has 0 heterocycles. The molecule has 0 fully saturated rings. The Labute approximate surface area is 82.6 Å². The van der Waals surface area contributed by atoms with Crippen molar-refractivity contribution in [3.8, 4) is 0 Å². The summed E-state index contributed by atoms with van der Waals surface area (Å²) < 4.78 is 0. The predicted octanol–water partition coefficient (Wildman–Crippen LogP) is 3.93. The van der Waals surface area contributed by atoms with Crippen LogP contribution in [0.3, 0.4) is 0 Å². The number of benzene rings is 1. The van der Waals surface area contributed by atoms with Gasteiger partial charge in [-0.3, -0.25) is 0 Å². The summed E-state index contributed by atoms with van der Waals surface area (Å²) in [7, 11) is 0. The summed E-state index contributed by atoms with van der Waals surface area (Å²) >= 11 is 7.60. The van der Waals surface area contributed by atoms with Gasteiger partial charge in [-0.1, -0.05) is 17.7 Å². The second kappa shape index (κ2) is 4.58. The Morgan fingerprint density at radius 2 is 2.33 bits per heavy atom. The van der Waals surface area contributed by atoms with Gasteiger partial charge in [0, 0.05) is 15.7 Å². The SMILES string of the molecule is C=CCSc1ccc(Cl)cc1C. The van der Waals surface area contributed by atoms with Crippen LogP contribution in [0.5, 0.6) is 0 Å². The van der Waals surface area contributed by atoms with Gasteiger partial charge in [0.15, 0.2) is 0 Å². The van der Waals surface area contributed by atoms with Gasteiger partial charge in [0.2, 0.25) is 0 Å². The van der Waals surface area contributed by atoms with E-state index in [1.807, 2.05) is 24.3 Å². The summed E-state index contributed by atoms with van der Waals surface area (Å²) in [6, 6.07) is 5.94. The molecular weight excluding hydrogens is 188 g/mol. The highest BCUT2D eigenvalue weighted by atomic mass is 35.5. The zero-order valence-electron chi connectivity index (χ0n) is 7.01. The molecule has 0 radical (unpaired) electrons. The minimum atomic E-state index is 0.801. The van der Waals surface area contributed by atoms with Crippen LogP contribution in [0.2, 0.25) is 5.02 Å². The standard InChI is InChI=1S/C10H11ClS/c1-3-6-12-10-5-4-9(11)7-8(10)2/h3-5,7H,1,6H2,2H3. The van der Waals surface area contributed by atoms with Crippen molar-refractivity contribution in [3.63, 3.8) is 0 Å². The normalized spacial score (nSPS) is 9.83. The molecule has 0 N–H and O–H groups in total. The van der Waals surface area contributed by atoms with Crippen molar-refractivity contribution in [2.45, 2.75) is 11.8 Å². The van der Waals surface area contributed by atoms with E-state index >= 15 is 0 Å². The van der Waals surface area contributed by atoms with E-state index in [0.29, 0.717) is 0 Å². The van der Waals surface area contributed by atoms with Crippen LogP contribution in [0, 0.1) is 6.92 Å². The largest absolute Gasteiger partial charge is 0.122 e. The molecule has 64 valence electrons. The Kier molecular flexibility index (Phi) is 3.70. The second-order valence-electron chi connectivity index (χ2n) is 2.51. The highest BCUT2D eigenvalue weighted by Gasteiger charge is 1.97. The summed E-state index contributed by atoms with van der Waals surface area (Å²) in [6.07, 6.45) is 1.90. The lowest BCUT2D eigenvalue weighted by atomic mass is 10.2. The van der Waals surface area contributed by atoms with Crippen LogP contribution in [-0.2, 0) is 0 Å². The third-order valence-corrected chi connectivity index (χ3v) is 2.90. The molecule has 0 aliphatic rings. The van der Waals surface area contributed by atoms with Gasteiger partial charge < -0.3 is 0 Å². The number of hydrogen-bond donors (Lipinski definition) is 0. The van der Waals surface area contributed by atoms with Gasteiger partial charge >= 0.3 is 0 Å². The van der Waals surface area contributed by atoms with Gasteiger partial charge in [0.25, 0.3) is 0 Å². The van der Waals surface area contributed by atoms with E-state index < -0.39 is 0 Å². The van der Waals surface area contributed by atoms with E-state index in [1.165, 1.54) is 10.5 Å². The number of rotatable bonds is 3. The molecule has 0 aliphatic heterocycles. The third-order valence-electron chi connectivity index (χ3n) is 1.49. The van der Waals surface area contributed by atoms with E-state index in [0.717, 1.165) is 10.8 Å². The maximum absolute atomic E-state index is 5.82. The minimum absolute atomic E-state index is 0.801. The summed E-state index contributed by atoms with van der Waals surface area (Å²) in [5.74, 6) is 0.947. The zero-order valence-corrected chi connectivity index (χ0v) is 8.58. The Balaban J connectivity index is 2.78. The van der Waals surface area contributed by atoms with Gasteiger partial charge in [0.1, 0.15) is 0 Å². The number of aryl methyl sites for hydroxylation is 1. The first-order valence-electron chi connectivity index (χ1n) is 3.74. The predicted molar refractivity (Wildman–Crippen MR) is 57.1 cm³/mol. The minimum Gasteiger partial charge on any atom is -0.122 e. The zero-order chi connectivity index (χ0) is 8.97. The molecule has 0 saturated carbocycles. The summed E-state index contributed by atoms with van der Waals surface area (Å²) in [5, 5.41) is 0.801. The van der Waals surface area contributed by atoms with Gasteiger partial charge in [-0.15, -0.1) is 18.3 Å². The molecule has 1 aromatic carbocycles. The lowest BCUT2D eigenvalue weighted by Gasteiger charge is -2.03. The van der Waals surface area contributed by atoms with Crippen molar-refractivity contribution in [2.24, 2.45) is 0 Å². The van der Waals surface area contributed by atoms with E-state index in [2.05, 4.69) is 13.5 Å². The fourth-order valence-electron chi connectivity index (χ4n) is 0.923. The molecule has 2 heteroatoms. The molecule has 1 rings (SSSR count). The average Bonchev–Trinajstić information content (AvgIpc) is 2.03. The molecule has 0 aromatic heterocycles. The van der Waals surface area contributed by atoms with Crippen LogP contribution < -0.4 is 0 Å².